The van der Waals surface area contributed by atoms with Crippen molar-refractivity contribution < 1.29 is 9.53 Å². The summed E-state index contributed by atoms with van der Waals surface area (Å²) in [6.45, 7) is 0. The number of hydrogen-bond acceptors (Lipinski definition) is 2. The van der Waals surface area contributed by atoms with Crippen LogP contribution in [0.5, 0.6) is 0 Å². The monoisotopic (exact) mass is 364 g/mol. The summed E-state index contributed by atoms with van der Waals surface area (Å²) in [5.41, 5.74) is 1.08. The average molecular weight is 364 g/mol. The summed E-state index contributed by atoms with van der Waals surface area (Å²) in [4.78, 5) is 12.1. The van der Waals surface area contributed by atoms with E-state index in [1.54, 1.807) is 0 Å². The lowest BCUT2D eigenvalue weighted by Crippen LogP contribution is -2.21. The number of cyclic esters (lactones) is 1. The first-order valence-corrected chi connectivity index (χ1v) is 7.53. The van der Waals surface area contributed by atoms with Crippen molar-refractivity contribution >= 4 is 39.3 Å². The van der Waals surface area contributed by atoms with Crippen LogP contribution in [-0.4, -0.2) is 5.97 Å². The molecule has 2 nitrogen and oxygen atoms in total. The van der Waals surface area contributed by atoms with E-state index in [0.717, 1.165) is 29.6 Å². The fourth-order valence-electron chi connectivity index (χ4n) is 2.57. The summed E-state index contributed by atoms with van der Waals surface area (Å²) in [5, 5.41) is 2.32. The normalized spacial score (nSPS) is 21.6. The summed E-state index contributed by atoms with van der Waals surface area (Å²) in [5.74, 6) is 0.499. The molecule has 0 N–H and O–H groups in total. The molecule has 0 bridgehead atoms. The molecule has 1 aliphatic rings. The first-order chi connectivity index (χ1) is 9.29. The van der Waals surface area contributed by atoms with Crippen LogP contribution in [0.2, 0.25) is 0 Å². The highest BCUT2D eigenvalue weighted by Gasteiger charge is 2.29. The Morgan fingerprint density at radius 1 is 1.16 bits per heavy atom. The fraction of sp³-hybridized carbons (Fsp3) is 0.188. The van der Waals surface area contributed by atoms with Gasteiger partial charge in [-0.3, -0.25) is 4.79 Å². The number of ether oxygens (including phenoxy) is 1. The molecular weight excluding hydrogens is 351 g/mol. The number of halogens is 1. The second-order valence-corrected chi connectivity index (χ2v) is 5.28. The Labute approximate surface area is 125 Å². The van der Waals surface area contributed by atoms with Crippen LogP contribution in [0.1, 0.15) is 24.3 Å². The smallest absolute Gasteiger partial charge is 0.318 e. The largest absolute Gasteiger partial charge is 0.430 e. The first kappa shape index (κ1) is 12.7. The molecule has 19 heavy (non-hydrogen) atoms. The van der Waals surface area contributed by atoms with Crippen molar-refractivity contribution in [2.45, 2.75) is 18.8 Å². The molecule has 2 aromatic carbocycles. The lowest BCUT2D eigenvalue weighted by atomic mass is 9.88. The van der Waals surface area contributed by atoms with E-state index in [1.165, 1.54) is 5.39 Å². The molecule has 3 heteroatoms. The zero-order valence-electron chi connectivity index (χ0n) is 10.3. The second kappa shape index (κ2) is 5.33. The number of esters is 1. The number of fused-ring (bicyclic) bond motifs is 1. The molecule has 0 spiro atoms. The number of hydrogen-bond donors (Lipinski definition) is 0. The van der Waals surface area contributed by atoms with Gasteiger partial charge in [-0.15, -0.1) is 0 Å². The summed E-state index contributed by atoms with van der Waals surface area (Å²) >= 11 is 2.11. The van der Waals surface area contributed by atoms with E-state index in [2.05, 4.69) is 40.8 Å². The molecule has 3 rings (SSSR count). The van der Waals surface area contributed by atoms with E-state index >= 15 is 0 Å². The minimum atomic E-state index is -0.147. The van der Waals surface area contributed by atoms with Gasteiger partial charge in [0.1, 0.15) is 5.76 Å². The minimum absolute atomic E-state index is 0.134. The lowest BCUT2D eigenvalue weighted by Gasteiger charge is -2.23. The zero-order chi connectivity index (χ0) is 13.2. The molecule has 1 atom stereocenters. The summed E-state index contributed by atoms with van der Waals surface area (Å²) in [6, 6.07) is 14.3. The van der Waals surface area contributed by atoms with E-state index in [1.807, 2.05) is 28.3 Å². The van der Waals surface area contributed by atoms with E-state index in [4.69, 9.17) is 4.74 Å². The van der Waals surface area contributed by atoms with Gasteiger partial charge in [0.15, 0.2) is 0 Å². The van der Waals surface area contributed by atoms with Gasteiger partial charge in [0.2, 0.25) is 0 Å². The van der Waals surface area contributed by atoms with Crippen LogP contribution in [-0.2, 0) is 9.53 Å². The van der Waals surface area contributed by atoms with Crippen LogP contribution in [0.25, 0.3) is 10.8 Å². The Balaban J connectivity index is 2.03. The minimum Gasteiger partial charge on any atom is -0.430 e. The standard InChI is InChI=1S/C16H13IO2/c17-10-12-8-9-15(16(18)19-12)14-7-3-5-11-4-1-2-6-13(11)14/h1-7,10,15H,8-9H2/b12-10+/t15-/m0/s1. The highest BCUT2D eigenvalue weighted by atomic mass is 127. The van der Waals surface area contributed by atoms with Crippen molar-refractivity contribution in [1.29, 1.82) is 0 Å². The van der Waals surface area contributed by atoms with Crippen molar-refractivity contribution in [2.24, 2.45) is 0 Å². The van der Waals surface area contributed by atoms with E-state index in [-0.39, 0.29) is 11.9 Å². The Bertz CT molecular complexity index is 655. The number of carbonyl (C=O) groups excluding carboxylic acids is 1. The van der Waals surface area contributed by atoms with Crippen molar-refractivity contribution in [3.8, 4) is 0 Å². The molecule has 1 fully saturated rings. The van der Waals surface area contributed by atoms with Crippen LogP contribution in [0.3, 0.4) is 0 Å². The maximum atomic E-state index is 12.1. The molecule has 0 unspecified atom stereocenters. The molecule has 1 saturated heterocycles. The molecule has 0 aromatic heterocycles. The van der Waals surface area contributed by atoms with Gasteiger partial charge in [0, 0.05) is 10.5 Å². The van der Waals surface area contributed by atoms with Crippen LogP contribution in [0, 0.1) is 0 Å². The molecule has 1 heterocycles. The average Bonchev–Trinajstić information content (AvgIpc) is 2.46. The van der Waals surface area contributed by atoms with E-state index in [9.17, 15) is 4.79 Å². The van der Waals surface area contributed by atoms with Gasteiger partial charge in [-0.1, -0.05) is 42.5 Å². The van der Waals surface area contributed by atoms with Crippen molar-refractivity contribution in [3.05, 3.63) is 57.9 Å². The van der Waals surface area contributed by atoms with Gasteiger partial charge in [-0.05, 0) is 45.3 Å². The van der Waals surface area contributed by atoms with Gasteiger partial charge in [-0.2, -0.15) is 0 Å². The molecule has 0 saturated carbocycles. The third-order valence-corrected chi connectivity index (χ3v) is 4.21. The number of carbonyl (C=O) groups is 1. The summed E-state index contributed by atoms with van der Waals surface area (Å²) in [7, 11) is 0. The van der Waals surface area contributed by atoms with Gasteiger partial charge in [-0.25, -0.2) is 0 Å². The molecular formula is C16H13IO2. The topological polar surface area (TPSA) is 26.3 Å². The van der Waals surface area contributed by atoms with Crippen LogP contribution in [0.4, 0.5) is 0 Å². The third-order valence-electron chi connectivity index (χ3n) is 3.52. The van der Waals surface area contributed by atoms with Crippen LogP contribution >= 0.6 is 22.6 Å². The Hall–Kier alpha value is -1.36. The molecule has 1 aliphatic heterocycles. The Kier molecular flexibility index (Phi) is 3.55. The number of rotatable bonds is 1. The van der Waals surface area contributed by atoms with E-state index < -0.39 is 0 Å². The summed E-state index contributed by atoms with van der Waals surface area (Å²) < 4.78 is 7.21. The van der Waals surface area contributed by atoms with Crippen molar-refractivity contribution in [3.63, 3.8) is 0 Å². The Morgan fingerprint density at radius 2 is 1.95 bits per heavy atom. The van der Waals surface area contributed by atoms with Gasteiger partial charge >= 0.3 is 5.97 Å². The molecule has 2 aromatic rings. The highest BCUT2D eigenvalue weighted by Crippen LogP contribution is 2.35. The highest BCUT2D eigenvalue weighted by molar-refractivity contribution is 14.1. The maximum absolute atomic E-state index is 12.1. The maximum Gasteiger partial charge on any atom is 0.318 e. The van der Waals surface area contributed by atoms with Gasteiger partial charge in [0.05, 0.1) is 5.92 Å². The molecule has 96 valence electrons. The zero-order valence-corrected chi connectivity index (χ0v) is 12.5. The molecule has 0 radical (unpaired) electrons. The number of allylic oxidation sites excluding steroid dienone is 1. The first-order valence-electron chi connectivity index (χ1n) is 6.28. The molecule has 0 aliphatic carbocycles. The van der Waals surface area contributed by atoms with E-state index in [0.29, 0.717) is 0 Å². The molecule has 0 amide bonds. The predicted molar refractivity (Wildman–Crippen MR) is 84.1 cm³/mol. The van der Waals surface area contributed by atoms with Crippen LogP contribution < -0.4 is 0 Å². The fourth-order valence-corrected chi connectivity index (χ4v) is 3.01. The number of benzene rings is 2. The third kappa shape index (κ3) is 2.39. The Morgan fingerprint density at radius 3 is 2.74 bits per heavy atom. The second-order valence-electron chi connectivity index (χ2n) is 4.66. The SMILES string of the molecule is O=C1O/C(=C/I)CC[C@H]1c1cccc2ccccc12. The summed E-state index contributed by atoms with van der Waals surface area (Å²) in [6.07, 6.45) is 1.64. The van der Waals surface area contributed by atoms with Crippen molar-refractivity contribution in [2.75, 3.05) is 0 Å². The van der Waals surface area contributed by atoms with Gasteiger partial charge < -0.3 is 4.74 Å². The van der Waals surface area contributed by atoms with Crippen LogP contribution in [0.15, 0.2) is 52.3 Å². The predicted octanol–water partition coefficient (Wildman–Crippen LogP) is 4.54. The quantitative estimate of drug-likeness (QED) is 0.549. The van der Waals surface area contributed by atoms with Crippen molar-refractivity contribution in [1.82, 2.24) is 0 Å². The lowest BCUT2D eigenvalue weighted by molar-refractivity contribution is -0.143. The van der Waals surface area contributed by atoms with Gasteiger partial charge in [0.25, 0.3) is 0 Å².